The number of hydrogen-bond donors (Lipinski definition) is 2. The number of aromatic hydroxyl groups is 2. The molecule has 3 nitrogen and oxygen atoms in total. The van der Waals surface area contributed by atoms with Crippen molar-refractivity contribution in [1.82, 2.24) is 4.98 Å². The predicted molar refractivity (Wildman–Crippen MR) is 104 cm³/mol. The van der Waals surface area contributed by atoms with Gasteiger partial charge in [0.1, 0.15) is 11.5 Å². The maximum atomic E-state index is 9.82. The quantitative estimate of drug-likeness (QED) is 0.518. The summed E-state index contributed by atoms with van der Waals surface area (Å²) in [6.07, 6.45) is 0. The molecule has 4 rings (SSSR count). The average Bonchev–Trinajstić information content (AvgIpc) is 2.68. The highest BCUT2D eigenvalue weighted by molar-refractivity contribution is 5.77. The zero-order valence-electron chi connectivity index (χ0n) is 14.0. The normalized spacial score (nSPS) is 10.6. The molecule has 0 atom stereocenters. The van der Waals surface area contributed by atoms with Crippen molar-refractivity contribution in [3.8, 4) is 45.1 Å². The van der Waals surface area contributed by atoms with Gasteiger partial charge in [0.2, 0.25) is 0 Å². The third-order valence-electron chi connectivity index (χ3n) is 4.22. The topological polar surface area (TPSA) is 53.4 Å². The van der Waals surface area contributed by atoms with E-state index in [0.29, 0.717) is 0 Å². The van der Waals surface area contributed by atoms with E-state index in [1.54, 1.807) is 36.4 Å². The number of phenolic OH excluding ortho intramolecular Hbond substituents is 2. The standard InChI is InChI=1S/C23H17NO2/c25-20-10-4-8-17(12-20)22-14-19(16-6-2-1-3-7-16)15-23(24-22)18-9-5-11-21(26)13-18/h1-15,25-26H. The Morgan fingerprint density at radius 3 is 1.46 bits per heavy atom. The van der Waals surface area contributed by atoms with Crippen molar-refractivity contribution in [1.29, 1.82) is 0 Å². The molecule has 0 amide bonds. The second-order valence-electron chi connectivity index (χ2n) is 6.09. The van der Waals surface area contributed by atoms with Crippen LogP contribution in [0.4, 0.5) is 0 Å². The van der Waals surface area contributed by atoms with Crippen LogP contribution < -0.4 is 0 Å². The Hall–Kier alpha value is -3.59. The second-order valence-corrected chi connectivity index (χ2v) is 6.09. The minimum Gasteiger partial charge on any atom is -0.508 e. The van der Waals surface area contributed by atoms with Crippen LogP contribution in [0.2, 0.25) is 0 Å². The summed E-state index contributed by atoms with van der Waals surface area (Å²) in [4.78, 5) is 4.76. The van der Waals surface area contributed by atoms with Crippen LogP contribution in [-0.4, -0.2) is 15.2 Å². The Morgan fingerprint density at radius 2 is 0.962 bits per heavy atom. The highest BCUT2D eigenvalue weighted by Crippen LogP contribution is 2.32. The molecule has 0 aliphatic rings. The van der Waals surface area contributed by atoms with Gasteiger partial charge in [0.25, 0.3) is 0 Å². The van der Waals surface area contributed by atoms with Crippen LogP contribution >= 0.6 is 0 Å². The van der Waals surface area contributed by atoms with Crippen molar-refractivity contribution in [2.24, 2.45) is 0 Å². The highest BCUT2D eigenvalue weighted by Gasteiger charge is 2.09. The molecule has 0 saturated carbocycles. The molecular weight excluding hydrogens is 322 g/mol. The summed E-state index contributed by atoms with van der Waals surface area (Å²) in [5.74, 6) is 0.404. The fourth-order valence-corrected chi connectivity index (χ4v) is 2.95. The number of hydrogen-bond acceptors (Lipinski definition) is 3. The van der Waals surface area contributed by atoms with Crippen LogP contribution in [0.15, 0.2) is 91.0 Å². The van der Waals surface area contributed by atoms with Crippen LogP contribution in [0.1, 0.15) is 0 Å². The zero-order chi connectivity index (χ0) is 17.9. The van der Waals surface area contributed by atoms with Gasteiger partial charge >= 0.3 is 0 Å². The molecule has 0 unspecified atom stereocenters. The largest absolute Gasteiger partial charge is 0.508 e. The minimum absolute atomic E-state index is 0.202. The molecule has 26 heavy (non-hydrogen) atoms. The first kappa shape index (κ1) is 15.9. The van der Waals surface area contributed by atoms with Gasteiger partial charge in [-0.15, -0.1) is 0 Å². The summed E-state index contributed by atoms with van der Waals surface area (Å²) >= 11 is 0. The summed E-state index contributed by atoms with van der Waals surface area (Å²) in [5.41, 5.74) is 5.31. The molecule has 0 bridgehead atoms. The summed E-state index contributed by atoms with van der Waals surface area (Å²) in [6, 6.07) is 28.2. The maximum Gasteiger partial charge on any atom is 0.116 e. The van der Waals surface area contributed by atoms with Gasteiger partial charge in [0.15, 0.2) is 0 Å². The lowest BCUT2D eigenvalue weighted by molar-refractivity contribution is 0.475. The van der Waals surface area contributed by atoms with E-state index in [1.807, 2.05) is 54.6 Å². The van der Waals surface area contributed by atoms with Gasteiger partial charge in [-0.3, -0.25) is 0 Å². The Balaban J connectivity index is 1.93. The van der Waals surface area contributed by atoms with Crippen LogP contribution in [0, 0.1) is 0 Å². The Kier molecular flexibility index (Phi) is 4.12. The fourth-order valence-electron chi connectivity index (χ4n) is 2.95. The van der Waals surface area contributed by atoms with Gasteiger partial charge in [0.05, 0.1) is 11.4 Å². The minimum atomic E-state index is 0.202. The highest BCUT2D eigenvalue weighted by atomic mass is 16.3. The molecule has 3 aromatic carbocycles. The molecule has 4 aromatic rings. The number of rotatable bonds is 3. The predicted octanol–water partition coefficient (Wildman–Crippen LogP) is 5.49. The zero-order valence-corrected chi connectivity index (χ0v) is 14.0. The number of benzene rings is 3. The summed E-state index contributed by atoms with van der Waals surface area (Å²) in [6.45, 7) is 0. The van der Waals surface area contributed by atoms with Crippen molar-refractivity contribution in [3.05, 3.63) is 91.0 Å². The molecule has 0 spiro atoms. The van der Waals surface area contributed by atoms with Crippen molar-refractivity contribution < 1.29 is 10.2 Å². The van der Waals surface area contributed by atoms with E-state index in [-0.39, 0.29) is 11.5 Å². The SMILES string of the molecule is Oc1cccc(-c2cc(-c3ccccc3)cc(-c3cccc(O)c3)n2)c1. The lowest BCUT2D eigenvalue weighted by Gasteiger charge is -2.10. The van der Waals surface area contributed by atoms with E-state index >= 15 is 0 Å². The van der Waals surface area contributed by atoms with Crippen molar-refractivity contribution in [2.45, 2.75) is 0 Å². The van der Waals surface area contributed by atoms with E-state index < -0.39 is 0 Å². The number of aromatic nitrogens is 1. The second kappa shape index (κ2) is 6.73. The average molecular weight is 339 g/mol. The van der Waals surface area contributed by atoms with Gasteiger partial charge in [-0.25, -0.2) is 4.98 Å². The van der Waals surface area contributed by atoms with Crippen molar-refractivity contribution in [3.63, 3.8) is 0 Å². The van der Waals surface area contributed by atoms with E-state index in [2.05, 4.69) is 0 Å². The lowest BCUT2D eigenvalue weighted by Crippen LogP contribution is -1.91. The van der Waals surface area contributed by atoms with Gasteiger partial charge < -0.3 is 10.2 Å². The Bertz CT molecular complexity index is 995. The Labute approximate surface area is 151 Å². The molecule has 0 aliphatic carbocycles. The summed E-state index contributed by atoms with van der Waals surface area (Å²) in [7, 11) is 0. The lowest BCUT2D eigenvalue weighted by atomic mass is 10.00. The molecule has 0 radical (unpaired) electrons. The number of pyridine rings is 1. The van der Waals surface area contributed by atoms with Crippen LogP contribution in [0.3, 0.4) is 0 Å². The van der Waals surface area contributed by atoms with E-state index in [0.717, 1.165) is 33.6 Å². The molecular formula is C23H17NO2. The fraction of sp³-hybridized carbons (Fsp3) is 0. The van der Waals surface area contributed by atoms with E-state index in [4.69, 9.17) is 4.98 Å². The van der Waals surface area contributed by atoms with E-state index in [1.165, 1.54) is 0 Å². The molecule has 126 valence electrons. The summed E-state index contributed by atoms with van der Waals surface area (Å²) < 4.78 is 0. The monoisotopic (exact) mass is 339 g/mol. The van der Waals surface area contributed by atoms with Crippen molar-refractivity contribution in [2.75, 3.05) is 0 Å². The Morgan fingerprint density at radius 1 is 0.462 bits per heavy atom. The third kappa shape index (κ3) is 3.28. The molecule has 2 N–H and O–H groups in total. The van der Waals surface area contributed by atoms with Gasteiger partial charge in [-0.1, -0.05) is 54.6 Å². The number of nitrogens with zero attached hydrogens (tertiary/aromatic N) is 1. The van der Waals surface area contributed by atoms with Crippen LogP contribution in [0.25, 0.3) is 33.6 Å². The first-order valence-electron chi connectivity index (χ1n) is 8.35. The molecule has 0 aliphatic heterocycles. The molecule has 0 fully saturated rings. The smallest absolute Gasteiger partial charge is 0.116 e. The van der Waals surface area contributed by atoms with Gasteiger partial charge in [0, 0.05) is 11.1 Å². The van der Waals surface area contributed by atoms with E-state index in [9.17, 15) is 10.2 Å². The first-order valence-corrected chi connectivity index (χ1v) is 8.35. The molecule has 0 saturated heterocycles. The molecule has 1 aromatic heterocycles. The maximum absolute atomic E-state index is 9.82. The van der Waals surface area contributed by atoms with Gasteiger partial charge in [-0.2, -0.15) is 0 Å². The number of phenols is 2. The van der Waals surface area contributed by atoms with Crippen LogP contribution in [-0.2, 0) is 0 Å². The third-order valence-corrected chi connectivity index (χ3v) is 4.22. The molecule has 3 heteroatoms. The summed E-state index contributed by atoms with van der Waals surface area (Å²) in [5, 5.41) is 19.6. The van der Waals surface area contributed by atoms with Gasteiger partial charge in [-0.05, 0) is 47.5 Å². The van der Waals surface area contributed by atoms with Crippen LogP contribution in [0.5, 0.6) is 11.5 Å². The molecule has 1 heterocycles. The first-order chi connectivity index (χ1) is 12.7. The van der Waals surface area contributed by atoms with Crippen molar-refractivity contribution >= 4 is 0 Å².